The van der Waals surface area contributed by atoms with Gasteiger partial charge in [-0.3, -0.25) is 4.90 Å². The largest absolute Gasteiger partial charge is 0.330 e. The highest BCUT2D eigenvalue weighted by molar-refractivity contribution is 5.18. The van der Waals surface area contributed by atoms with Gasteiger partial charge in [-0.1, -0.05) is 36.8 Å². The first kappa shape index (κ1) is 12.6. The number of nitrogens with zero attached hydrogens (tertiary/aromatic N) is 1. The lowest BCUT2D eigenvalue weighted by Gasteiger charge is -2.40. The first-order valence-corrected chi connectivity index (χ1v) is 6.83. The third kappa shape index (κ3) is 3.08. The molecule has 2 unspecified atom stereocenters. The average molecular weight is 232 g/mol. The molecule has 17 heavy (non-hydrogen) atoms. The Morgan fingerprint density at radius 1 is 1.29 bits per heavy atom. The number of likely N-dealkylation sites (tertiary alicyclic amines) is 1. The van der Waals surface area contributed by atoms with Crippen molar-refractivity contribution < 1.29 is 0 Å². The standard InChI is InChI=1S/C15H24N2/c1-13(14-7-3-2-4-8-14)17-12-6-5-9-15(17)10-11-16/h2-4,7-8,13,15H,5-6,9-12,16H2,1H3. The zero-order valence-electron chi connectivity index (χ0n) is 10.8. The Kier molecular flexibility index (Phi) is 4.57. The summed E-state index contributed by atoms with van der Waals surface area (Å²) < 4.78 is 0. The predicted molar refractivity (Wildman–Crippen MR) is 72.9 cm³/mol. The van der Waals surface area contributed by atoms with E-state index in [1.165, 1.54) is 31.4 Å². The summed E-state index contributed by atoms with van der Waals surface area (Å²) in [6.45, 7) is 4.35. The number of nitrogens with two attached hydrogens (primary N) is 1. The van der Waals surface area contributed by atoms with Crippen LogP contribution < -0.4 is 5.73 Å². The normalized spacial score (nSPS) is 23.5. The van der Waals surface area contributed by atoms with Crippen molar-refractivity contribution in [2.45, 2.75) is 44.7 Å². The van der Waals surface area contributed by atoms with Crippen LogP contribution in [0.15, 0.2) is 30.3 Å². The smallest absolute Gasteiger partial charge is 0.0322 e. The summed E-state index contributed by atoms with van der Waals surface area (Å²) in [6, 6.07) is 12.0. The predicted octanol–water partition coefficient (Wildman–Crippen LogP) is 2.95. The van der Waals surface area contributed by atoms with Crippen LogP contribution in [0.1, 0.15) is 44.2 Å². The van der Waals surface area contributed by atoms with Crippen molar-refractivity contribution in [3.05, 3.63) is 35.9 Å². The second-order valence-electron chi connectivity index (χ2n) is 5.05. The van der Waals surface area contributed by atoms with Crippen molar-refractivity contribution in [2.24, 2.45) is 5.73 Å². The van der Waals surface area contributed by atoms with Crippen LogP contribution in [0.3, 0.4) is 0 Å². The fourth-order valence-corrected chi connectivity index (χ4v) is 2.96. The fourth-order valence-electron chi connectivity index (χ4n) is 2.96. The molecule has 2 atom stereocenters. The highest BCUT2D eigenvalue weighted by Gasteiger charge is 2.26. The van der Waals surface area contributed by atoms with Crippen molar-refractivity contribution in [2.75, 3.05) is 13.1 Å². The van der Waals surface area contributed by atoms with E-state index in [1.807, 2.05) is 0 Å². The van der Waals surface area contributed by atoms with Crippen molar-refractivity contribution in [1.82, 2.24) is 4.90 Å². The maximum absolute atomic E-state index is 5.73. The molecule has 0 aliphatic carbocycles. The monoisotopic (exact) mass is 232 g/mol. The summed E-state index contributed by atoms with van der Waals surface area (Å²) in [5.41, 5.74) is 7.16. The Balaban J connectivity index is 2.08. The van der Waals surface area contributed by atoms with E-state index >= 15 is 0 Å². The highest BCUT2D eigenvalue weighted by atomic mass is 15.2. The number of benzene rings is 1. The van der Waals surface area contributed by atoms with Crippen LogP contribution in [0.5, 0.6) is 0 Å². The van der Waals surface area contributed by atoms with Crippen LogP contribution in [0.4, 0.5) is 0 Å². The Hall–Kier alpha value is -0.860. The van der Waals surface area contributed by atoms with Gasteiger partial charge >= 0.3 is 0 Å². The minimum atomic E-state index is 0.521. The molecule has 2 rings (SSSR count). The number of hydrogen-bond donors (Lipinski definition) is 1. The lowest BCUT2D eigenvalue weighted by atomic mass is 9.95. The molecule has 0 amide bonds. The van der Waals surface area contributed by atoms with Crippen LogP contribution in [-0.4, -0.2) is 24.0 Å². The first-order chi connectivity index (χ1) is 8.33. The molecule has 0 radical (unpaired) electrons. The summed E-state index contributed by atoms with van der Waals surface area (Å²) in [5, 5.41) is 0. The molecule has 1 heterocycles. The van der Waals surface area contributed by atoms with E-state index in [-0.39, 0.29) is 0 Å². The molecule has 0 spiro atoms. The fraction of sp³-hybridized carbons (Fsp3) is 0.600. The third-order valence-corrected chi connectivity index (χ3v) is 3.95. The number of hydrogen-bond acceptors (Lipinski definition) is 2. The lowest BCUT2D eigenvalue weighted by molar-refractivity contribution is 0.0984. The molecule has 1 aliphatic rings. The van der Waals surface area contributed by atoms with Crippen molar-refractivity contribution >= 4 is 0 Å². The van der Waals surface area contributed by atoms with Crippen molar-refractivity contribution in [1.29, 1.82) is 0 Å². The van der Waals surface area contributed by atoms with Gasteiger partial charge < -0.3 is 5.73 Å². The number of rotatable bonds is 4. The summed E-state index contributed by atoms with van der Waals surface area (Å²) in [7, 11) is 0. The van der Waals surface area contributed by atoms with E-state index in [2.05, 4.69) is 42.2 Å². The molecule has 1 aromatic carbocycles. The van der Waals surface area contributed by atoms with Crippen molar-refractivity contribution in [3.63, 3.8) is 0 Å². The van der Waals surface area contributed by atoms with Crippen LogP contribution in [0, 0.1) is 0 Å². The van der Waals surface area contributed by atoms with Crippen LogP contribution in [-0.2, 0) is 0 Å². The van der Waals surface area contributed by atoms with Gasteiger partial charge in [0.05, 0.1) is 0 Å². The molecule has 1 aliphatic heterocycles. The first-order valence-electron chi connectivity index (χ1n) is 6.83. The highest BCUT2D eigenvalue weighted by Crippen LogP contribution is 2.29. The zero-order valence-corrected chi connectivity index (χ0v) is 10.8. The van der Waals surface area contributed by atoms with Crippen LogP contribution >= 0.6 is 0 Å². The van der Waals surface area contributed by atoms with Gasteiger partial charge in [-0.05, 0) is 44.8 Å². The van der Waals surface area contributed by atoms with E-state index in [1.54, 1.807) is 0 Å². The van der Waals surface area contributed by atoms with E-state index in [9.17, 15) is 0 Å². The van der Waals surface area contributed by atoms with Gasteiger partial charge in [0.15, 0.2) is 0 Å². The Morgan fingerprint density at radius 3 is 2.76 bits per heavy atom. The molecule has 1 saturated heterocycles. The molecular weight excluding hydrogens is 208 g/mol. The molecule has 2 nitrogen and oxygen atoms in total. The number of piperidine rings is 1. The molecule has 2 heteroatoms. The third-order valence-electron chi connectivity index (χ3n) is 3.95. The molecule has 2 N–H and O–H groups in total. The van der Waals surface area contributed by atoms with Gasteiger partial charge in [0.25, 0.3) is 0 Å². The lowest BCUT2D eigenvalue weighted by Crippen LogP contribution is -2.42. The zero-order chi connectivity index (χ0) is 12.1. The molecule has 0 bridgehead atoms. The van der Waals surface area contributed by atoms with Crippen molar-refractivity contribution in [3.8, 4) is 0 Å². The van der Waals surface area contributed by atoms with Gasteiger partial charge in [-0.2, -0.15) is 0 Å². The molecule has 1 aromatic rings. The second-order valence-corrected chi connectivity index (χ2v) is 5.05. The van der Waals surface area contributed by atoms with Crippen LogP contribution in [0.2, 0.25) is 0 Å². The molecule has 1 fully saturated rings. The summed E-state index contributed by atoms with van der Waals surface area (Å²) in [6.07, 6.45) is 5.15. The van der Waals surface area contributed by atoms with E-state index < -0.39 is 0 Å². The molecule has 94 valence electrons. The minimum Gasteiger partial charge on any atom is -0.330 e. The van der Waals surface area contributed by atoms with Gasteiger partial charge in [-0.15, -0.1) is 0 Å². The summed E-state index contributed by atoms with van der Waals surface area (Å²) >= 11 is 0. The van der Waals surface area contributed by atoms with Gasteiger partial charge in [0, 0.05) is 12.1 Å². The Labute approximate surface area is 105 Å². The average Bonchev–Trinajstić information content (AvgIpc) is 2.40. The summed E-state index contributed by atoms with van der Waals surface area (Å²) in [4.78, 5) is 2.64. The molecule has 0 saturated carbocycles. The SMILES string of the molecule is CC(c1ccccc1)N1CCCCC1CCN. The van der Waals surface area contributed by atoms with Crippen LogP contribution in [0.25, 0.3) is 0 Å². The van der Waals surface area contributed by atoms with Gasteiger partial charge in [-0.25, -0.2) is 0 Å². The van der Waals surface area contributed by atoms with E-state index in [0.29, 0.717) is 12.1 Å². The quantitative estimate of drug-likeness (QED) is 0.865. The second kappa shape index (κ2) is 6.18. The Bertz CT molecular complexity index is 321. The maximum atomic E-state index is 5.73. The topological polar surface area (TPSA) is 29.3 Å². The maximum Gasteiger partial charge on any atom is 0.0322 e. The summed E-state index contributed by atoms with van der Waals surface area (Å²) in [5.74, 6) is 0. The molecule has 0 aromatic heterocycles. The van der Waals surface area contributed by atoms with E-state index in [0.717, 1.165) is 13.0 Å². The minimum absolute atomic E-state index is 0.521. The molecular formula is C15H24N2. The van der Waals surface area contributed by atoms with Gasteiger partial charge in [0.2, 0.25) is 0 Å². The van der Waals surface area contributed by atoms with E-state index in [4.69, 9.17) is 5.73 Å². The van der Waals surface area contributed by atoms with Gasteiger partial charge in [0.1, 0.15) is 0 Å². The Morgan fingerprint density at radius 2 is 2.06 bits per heavy atom.